The van der Waals surface area contributed by atoms with E-state index in [0.717, 1.165) is 10.3 Å². The van der Waals surface area contributed by atoms with Crippen LogP contribution in [0.25, 0.3) is 16.8 Å². The van der Waals surface area contributed by atoms with Gasteiger partial charge in [0.1, 0.15) is 5.76 Å². The van der Waals surface area contributed by atoms with Gasteiger partial charge < -0.3 is 4.42 Å². The van der Waals surface area contributed by atoms with Crippen molar-refractivity contribution < 1.29 is 9.21 Å². The van der Waals surface area contributed by atoms with E-state index < -0.39 is 5.91 Å². The molecule has 1 amide bonds. The first kappa shape index (κ1) is 17.0. The summed E-state index contributed by atoms with van der Waals surface area (Å²) in [4.78, 5) is 17.3. The zero-order valence-corrected chi connectivity index (χ0v) is 16.0. The summed E-state index contributed by atoms with van der Waals surface area (Å²) in [6.07, 6.45) is 1.54. The van der Waals surface area contributed by atoms with Crippen LogP contribution in [-0.4, -0.2) is 27.5 Å². The van der Waals surface area contributed by atoms with Crippen LogP contribution in [0, 0.1) is 5.41 Å². The van der Waals surface area contributed by atoms with Crippen LogP contribution in [0.4, 0.5) is 0 Å². The van der Waals surface area contributed by atoms with Crippen LogP contribution in [0.15, 0.2) is 84.7 Å². The number of carbonyl (C=O) groups is 1. The van der Waals surface area contributed by atoms with Crippen LogP contribution in [0.1, 0.15) is 5.76 Å². The van der Waals surface area contributed by atoms with Crippen LogP contribution < -0.4 is 0 Å². The van der Waals surface area contributed by atoms with E-state index in [1.807, 2.05) is 30.3 Å². The number of nitrogens with zero attached hydrogens (tertiary/aromatic N) is 3. The van der Waals surface area contributed by atoms with Gasteiger partial charge in [0.25, 0.3) is 5.91 Å². The third-order valence-electron chi connectivity index (χ3n) is 4.25. The molecule has 5 rings (SSSR count). The van der Waals surface area contributed by atoms with Gasteiger partial charge in [-0.2, -0.15) is 15.1 Å². The summed E-state index contributed by atoms with van der Waals surface area (Å²) in [6, 6.07) is 18.0. The van der Waals surface area contributed by atoms with E-state index in [9.17, 15) is 4.79 Å². The van der Waals surface area contributed by atoms with Gasteiger partial charge in [0.05, 0.1) is 11.1 Å². The number of amides is 1. The highest BCUT2D eigenvalue weighted by Crippen LogP contribution is 2.35. The molecular formula is C20H12N4O2S2. The van der Waals surface area contributed by atoms with Crippen molar-refractivity contribution in [3.8, 4) is 0 Å². The highest BCUT2D eigenvalue weighted by Gasteiger charge is 2.32. The minimum Gasteiger partial charge on any atom is -0.450 e. The molecule has 8 heteroatoms. The van der Waals surface area contributed by atoms with Crippen molar-refractivity contribution in [3.05, 3.63) is 65.9 Å². The van der Waals surface area contributed by atoms with Gasteiger partial charge in [-0.3, -0.25) is 10.2 Å². The van der Waals surface area contributed by atoms with Crippen molar-refractivity contribution >= 4 is 62.8 Å². The number of benzene rings is 2. The molecule has 0 aliphatic carbocycles. The molecule has 1 N–H and O–H groups in total. The second kappa shape index (κ2) is 6.81. The number of fused-ring (bicyclic) bond motifs is 2. The summed E-state index contributed by atoms with van der Waals surface area (Å²) < 4.78 is 5.87. The highest BCUT2D eigenvalue weighted by molar-refractivity contribution is 8.25. The molecule has 3 heterocycles. The van der Waals surface area contributed by atoms with E-state index in [2.05, 4.69) is 28.3 Å². The number of amidine groups is 2. The molecule has 2 aromatic carbocycles. The van der Waals surface area contributed by atoms with E-state index in [0.29, 0.717) is 16.0 Å². The fraction of sp³-hybridized carbons (Fsp3) is 0. The fourth-order valence-corrected chi connectivity index (χ4v) is 4.48. The van der Waals surface area contributed by atoms with Crippen LogP contribution >= 0.6 is 23.5 Å². The molecular weight excluding hydrogens is 392 g/mol. The molecule has 0 spiro atoms. The van der Waals surface area contributed by atoms with Gasteiger partial charge in [-0.15, -0.1) is 0 Å². The molecule has 0 radical (unpaired) electrons. The number of aliphatic imine (C=N–C) groups is 1. The second-order valence-corrected chi connectivity index (χ2v) is 7.85. The van der Waals surface area contributed by atoms with Crippen molar-refractivity contribution in [1.82, 2.24) is 5.01 Å². The Labute approximate surface area is 168 Å². The first-order valence-corrected chi connectivity index (χ1v) is 10.1. The van der Waals surface area contributed by atoms with E-state index in [4.69, 9.17) is 9.83 Å². The Morgan fingerprint density at radius 3 is 2.89 bits per heavy atom. The number of carbonyl (C=O) groups excluding carboxylic acids is 1. The first-order valence-electron chi connectivity index (χ1n) is 8.37. The third kappa shape index (κ3) is 2.96. The van der Waals surface area contributed by atoms with Gasteiger partial charge >= 0.3 is 0 Å². The minimum atomic E-state index is -0.464. The lowest BCUT2D eigenvalue weighted by Gasteiger charge is -2.19. The van der Waals surface area contributed by atoms with Gasteiger partial charge in [0, 0.05) is 4.90 Å². The van der Waals surface area contributed by atoms with Crippen molar-refractivity contribution in [2.75, 3.05) is 0 Å². The minimum absolute atomic E-state index is 0.00379. The highest BCUT2D eigenvalue weighted by atomic mass is 32.2. The molecule has 3 aromatic rings. The Morgan fingerprint density at radius 2 is 1.96 bits per heavy atom. The lowest BCUT2D eigenvalue weighted by Crippen LogP contribution is -2.35. The van der Waals surface area contributed by atoms with E-state index in [1.54, 1.807) is 11.6 Å². The molecule has 6 nitrogen and oxygen atoms in total. The van der Waals surface area contributed by atoms with Gasteiger partial charge in [0.2, 0.25) is 0 Å². The molecule has 2 aliphatic rings. The van der Waals surface area contributed by atoms with Crippen molar-refractivity contribution in [2.45, 2.75) is 9.99 Å². The predicted molar refractivity (Wildman–Crippen MR) is 113 cm³/mol. The van der Waals surface area contributed by atoms with Gasteiger partial charge in [0.15, 0.2) is 16.1 Å². The zero-order valence-electron chi connectivity index (χ0n) is 14.3. The Hall–Kier alpha value is -3.10. The fourth-order valence-electron chi connectivity index (χ4n) is 2.94. The number of furan rings is 1. The number of hydrazone groups is 1. The molecule has 28 heavy (non-hydrogen) atoms. The maximum atomic E-state index is 12.3. The molecule has 2 aliphatic heterocycles. The summed E-state index contributed by atoms with van der Waals surface area (Å²) in [5, 5.41) is 17.0. The van der Waals surface area contributed by atoms with Crippen molar-refractivity contribution in [1.29, 1.82) is 5.41 Å². The molecule has 0 unspecified atom stereocenters. The molecule has 1 aromatic heterocycles. The smallest absolute Gasteiger partial charge is 0.283 e. The Kier molecular flexibility index (Phi) is 4.14. The van der Waals surface area contributed by atoms with E-state index in [-0.39, 0.29) is 11.4 Å². The predicted octanol–water partition coefficient (Wildman–Crippen LogP) is 4.83. The van der Waals surface area contributed by atoms with Crippen LogP contribution in [0.2, 0.25) is 0 Å². The standard InChI is InChI=1S/C20H12N4O2S2/c21-18-15(19(25)23-20-24(18)22-11-27-20)10-13-8-9-17(26-13)28-16-7-3-5-12-4-1-2-6-14(12)16/h1-11,21H/b15-10+,21-18?. The number of hydrogen-bond donors (Lipinski definition) is 1. The normalized spacial score (nSPS) is 17.5. The summed E-state index contributed by atoms with van der Waals surface area (Å²) >= 11 is 2.73. The summed E-state index contributed by atoms with van der Waals surface area (Å²) in [5.41, 5.74) is 1.70. The number of hydrogen-bond acceptors (Lipinski definition) is 6. The van der Waals surface area contributed by atoms with Crippen LogP contribution in [-0.2, 0) is 4.79 Å². The molecule has 0 bridgehead atoms. The third-order valence-corrected chi connectivity index (χ3v) is 5.92. The Balaban J connectivity index is 1.44. The Morgan fingerprint density at radius 1 is 1.11 bits per heavy atom. The Bertz CT molecular complexity index is 1220. The average Bonchev–Trinajstić information content (AvgIpc) is 3.35. The van der Waals surface area contributed by atoms with E-state index >= 15 is 0 Å². The topological polar surface area (TPSA) is 82.0 Å². The number of nitrogens with one attached hydrogen (secondary N) is 1. The lowest BCUT2D eigenvalue weighted by atomic mass is 10.1. The zero-order chi connectivity index (χ0) is 19.1. The van der Waals surface area contributed by atoms with E-state index in [1.165, 1.54) is 40.0 Å². The number of thioether (sulfide) groups is 1. The van der Waals surface area contributed by atoms with Crippen molar-refractivity contribution in [2.24, 2.45) is 10.1 Å². The van der Waals surface area contributed by atoms with Crippen molar-refractivity contribution in [3.63, 3.8) is 0 Å². The first-order chi connectivity index (χ1) is 13.7. The maximum absolute atomic E-state index is 12.3. The molecule has 0 saturated heterocycles. The summed E-state index contributed by atoms with van der Waals surface area (Å²) in [5.74, 6) is 0.0233. The quantitative estimate of drug-likeness (QED) is 0.632. The second-order valence-electron chi connectivity index (χ2n) is 5.99. The average molecular weight is 404 g/mol. The van der Waals surface area contributed by atoms with Crippen LogP contribution in [0.5, 0.6) is 0 Å². The molecule has 0 atom stereocenters. The SMILES string of the molecule is N=C1/C(=C\c2ccc(Sc3cccc4ccccc34)o2)C(=O)N=C2SC=NN12. The molecule has 0 saturated carbocycles. The summed E-state index contributed by atoms with van der Waals surface area (Å²) in [7, 11) is 0. The van der Waals surface area contributed by atoms with Gasteiger partial charge in [-0.1, -0.05) is 48.2 Å². The maximum Gasteiger partial charge on any atom is 0.283 e. The summed E-state index contributed by atoms with van der Waals surface area (Å²) in [6.45, 7) is 0. The molecule has 136 valence electrons. The number of rotatable bonds is 3. The lowest BCUT2D eigenvalue weighted by molar-refractivity contribution is -0.114. The van der Waals surface area contributed by atoms with Crippen LogP contribution in [0.3, 0.4) is 0 Å². The molecule has 0 fully saturated rings. The monoisotopic (exact) mass is 404 g/mol. The largest absolute Gasteiger partial charge is 0.450 e. The van der Waals surface area contributed by atoms with Gasteiger partial charge in [-0.25, -0.2) is 0 Å². The van der Waals surface area contributed by atoms with Gasteiger partial charge in [-0.05, 0) is 46.8 Å².